The molecule has 1 aliphatic carbocycles. The highest BCUT2D eigenvalue weighted by Crippen LogP contribution is 2.47. The molecule has 1 aliphatic rings. The number of aryl methyl sites for hydroxylation is 1. The Morgan fingerprint density at radius 2 is 2.12 bits per heavy atom. The molecule has 4 heteroatoms. The van der Waals surface area contributed by atoms with Gasteiger partial charge >= 0.3 is 5.97 Å². The maximum absolute atomic E-state index is 12.1. The Hall–Kier alpha value is -1.03. The molecule has 0 atom stereocenters. The van der Waals surface area contributed by atoms with Crippen molar-refractivity contribution in [3.63, 3.8) is 0 Å². The van der Waals surface area contributed by atoms with Crippen molar-refractivity contribution < 1.29 is 9.53 Å². The lowest BCUT2D eigenvalue weighted by atomic mass is 9.85. The number of rotatable bonds is 2. The molecule has 1 aromatic rings. The highest BCUT2D eigenvalue weighted by molar-refractivity contribution is 7.16. The zero-order chi connectivity index (χ0) is 12.8. The largest absolute Gasteiger partial charge is 0.459 e. The molecular weight excluding hydrogens is 234 g/mol. The van der Waals surface area contributed by atoms with Crippen molar-refractivity contribution in [2.24, 2.45) is 0 Å². The predicted molar refractivity (Wildman–Crippen MR) is 70.6 cm³/mol. The normalized spacial score (nSPS) is 17.2. The van der Waals surface area contributed by atoms with E-state index in [9.17, 15) is 4.79 Å². The van der Waals surface area contributed by atoms with Gasteiger partial charge in [-0.1, -0.05) is 13.8 Å². The molecule has 2 N–H and O–H groups in total. The number of esters is 1. The molecular formula is C13H19NO2S. The van der Waals surface area contributed by atoms with Crippen LogP contribution in [0.5, 0.6) is 0 Å². The van der Waals surface area contributed by atoms with Gasteiger partial charge in [-0.25, -0.2) is 4.79 Å². The zero-order valence-electron chi connectivity index (χ0n) is 10.8. The minimum Gasteiger partial charge on any atom is -0.459 e. The molecule has 0 unspecified atom stereocenters. The van der Waals surface area contributed by atoms with E-state index in [1.165, 1.54) is 16.2 Å². The summed E-state index contributed by atoms with van der Waals surface area (Å²) >= 11 is 1.54. The van der Waals surface area contributed by atoms with Gasteiger partial charge in [0.25, 0.3) is 0 Å². The summed E-state index contributed by atoms with van der Waals surface area (Å²) in [6, 6.07) is 0. The van der Waals surface area contributed by atoms with Crippen molar-refractivity contribution in [2.45, 2.75) is 52.1 Å². The summed E-state index contributed by atoms with van der Waals surface area (Å²) in [6.45, 7) is 8.03. The van der Waals surface area contributed by atoms with E-state index in [-0.39, 0.29) is 17.5 Å². The molecule has 1 aromatic heterocycles. The Bertz CT molecular complexity index is 460. The van der Waals surface area contributed by atoms with E-state index in [0.29, 0.717) is 10.6 Å². The molecule has 0 aromatic carbocycles. The van der Waals surface area contributed by atoms with Crippen LogP contribution >= 0.6 is 11.3 Å². The van der Waals surface area contributed by atoms with Gasteiger partial charge < -0.3 is 10.5 Å². The van der Waals surface area contributed by atoms with Crippen LogP contribution in [-0.4, -0.2) is 12.1 Å². The standard InChI is InChI=1S/C13H19NO2S/c1-7(2)16-12(15)9-10-8(17-11(9)14)5-6-13(10,3)4/h7H,5-6,14H2,1-4H3. The third-order valence-corrected chi connectivity index (χ3v) is 4.29. The first-order chi connectivity index (χ1) is 7.83. The second-order valence-corrected chi connectivity index (χ2v) is 6.61. The van der Waals surface area contributed by atoms with Gasteiger partial charge in [-0.15, -0.1) is 11.3 Å². The van der Waals surface area contributed by atoms with Gasteiger partial charge in [0.1, 0.15) is 5.00 Å². The molecule has 0 fully saturated rings. The van der Waals surface area contributed by atoms with Crippen LogP contribution in [0.4, 0.5) is 5.00 Å². The summed E-state index contributed by atoms with van der Waals surface area (Å²) in [6.07, 6.45) is 1.99. The summed E-state index contributed by atoms with van der Waals surface area (Å²) in [4.78, 5) is 13.3. The van der Waals surface area contributed by atoms with E-state index >= 15 is 0 Å². The number of ether oxygens (including phenoxy) is 1. The maximum atomic E-state index is 12.1. The molecule has 0 saturated heterocycles. The van der Waals surface area contributed by atoms with Crippen molar-refractivity contribution in [3.8, 4) is 0 Å². The van der Waals surface area contributed by atoms with Crippen molar-refractivity contribution in [2.75, 3.05) is 5.73 Å². The average Bonchev–Trinajstić information content (AvgIpc) is 2.63. The Morgan fingerprint density at radius 3 is 2.71 bits per heavy atom. The van der Waals surface area contributed by atoms with E-state index in [2.05, 4.69) is 13.8 Å². The van der Waals surface area contributed by atoms with E-state index in [4.69, 9.17) is 10.5 Å². The number of hydrogen-bond donors (Lipinski definition) is 1. The van der Waals surface area contributed by atoms with Crippen LogP contribution in [0.1, 0.15) is 54.9 Å². The van der Waals surface area contributed by atoms with E-state index < -0.39 is 0 Å². The average molecular weight is 253 g/mol. The molecule has 17 heavy (non-hydrogen) atoms. The topological polar surface area (TPSA) is 52.3 Å². The molecule has 0 amide bonds. The Morgan fingerprint density at radius 1 is 1.47 bits per heavy atom. The molecule has 0 saturated carbocycles. The first-order valence-electron chi connectivity index (χ1n) is 5.95. The number of hydrogen-bond acceptors (Lipinski definition) is 4. The molecule has 3 nitrogen and oxygen atoms in total. The first-order valence-corrected chi connectivity index (χ1v) is 6.77. The Kier molecular flexibility index (Phi) is 2.94. The highest BCUT2D eigenvalue weighted by Gasteiger charge is 2.38. The predicted octanol–water partition coefficient (Wildman–Crippen LogP) is 3.12. The number of carbonyl (C=O) groups is 1. The summed E-state index contributed by atoms with van der Waals surface area (Å²) in [5.41, 5.74) is 7.73. The van der Waals surface area contributed by atoms with Crippen LogP contribution in [-0.2, 0) is 16.6 Å². The number of anilines is 1. The van der Waals surface area contributed by atoms with Crippen LogP contribution in [0, 0.1) is 0 Å². The van der Waals surface area contributed by atoms with Gasteiger partial charge in [-0.2, -0.15) is 0 Å². The van der Waals surface area contributed by atoms with Gasteiger partial charge in [0.05, 0.1) is 11.7 Å². The van der Waals surface area contributed by atoms with E-state index in [1.807, 2.05) is 13.8 Å². The summed E-state index contributed by atoms with van der Waals surface area (Å²) in [7, 11) is 0. The number of carbonyl (C=O) groups excluding carboxylic acids is 1. The SMILES string of the molecule is CC(C)OC(=O)c1c(N)sc2c1C(C)(C)CC2. The second kappa shape index (κ2) is 4.02. The first kappa shape index (κ1) is 12.4. The number of nitrogen functional groups attached to an aromatic ring is 1. The Balaban J connectivity index is 2.45. The van der Waals surface area contributed by atoms with Crippen LogP contribution in [0.3, 0.4) is 0 Å². The minimum atomic E-state index is -0.273. The van der Waals surface area contributed by atoms with Crippen LogP contribution in [0.15, 0.2) is 0 Å². The fraction of sp³-hybridized carbons (Fsp3) is 0.615. The van der Waals surface area contributed by atoms with E-state index in [1.54, 1.807) is 0 Å². The van der Waals surface area contributed by atoms with Crippen molar-refractivity contribution in [1.29, 1.82) is 0 Å². The number of thiophene rings is 1. The molecule has 0 aliphatic heterocycles. The number of fused-ring (bicyclic) bond motifs is 1. The van der Waals surface area contributed by atoms with Crippen LogP contribution in [0.25, 0.3) is 0 Å². The maximum Gasteiger partial charge on any atom is 0.341 e. The third-order valence-electron chi connectivity index (χ3n) is 3.21. The minimum absolute atomic E-state index is 0.0365. The molecule has 1 heterocycles. The van der Waals surface area contributed by atoms with Gasteiger partial charge in [-0.3, -0.25) is 0 Å². The van der Waals surface area contributed by atoms with Crippen molar-refractivity contribution in [3.05, 3.63) is 16.0 Å². The lowest BCUT2D eigenvalue weighted by Crippen LogP contribution is -2.19. The van der Waals surface area contributed by atoms with Crippen LogP contribution in [0.2, 0.25) is 0 Å². The fourth-order valence-corrected chi connectivity index (χ4v) is 3.65. The van der Waals surface area contributed by atoms with Gasteiger partial charge in [0.2, 0.25) is 0 Å². The van der Waals surface area contributed by atoms with Gasteiger partial charge in [0.15, 0.2) is 0 Å². The summed E-state index contributed by atoms with van der Waals surface area (Å²) in [5.74, 6) is -0.273. The lowest BCUT2D eigenvalue weighted by Gasteiger charge is -2.20. The van der Waals surface area contributed by atoms with E-state index in [0.717, 1.165) is 18.4 Å². The molecule has 2 rings (SSSR count). The summed E-state index contributed by atoms with van der Waals surface area (Å²) < 4.78 is 5.28. The molecule has 0 bridgehead atoms. The highest BCUT2D eigenvalue weighted by atomic mass is 32.1. The van der Waals surface area contributed by atoms with Crippen molar-refractivity contribution >= 4 is 22.3 Å². The van der Waals surface area contributed by atoms with Gasteiger partial charge in [-0.05, 0) is 37.7 Å². The molecule has 94 valence electrons. The molecule has 0 spiro atoms. The zero-order valence-corrected chi connectivity index (χ0v) is 11.6. The molecule has 0 radical (unpaired) electrons. The van der Waals surface area contributed by atoms with Crippen molar-refractivity contribution in [1.82, 2.24) is 0 Å². The van der Waals surface area contributed by atoms with Gasteiger partial charge in [0, 0.05) is 4.88 Å². The third kappa shape index (κ3) is 2.06. The summed E-state index contributed by atoms with van der Waals surface area (Å²) in [5, 5.41) is 0.605. The van der Waals surface area contributed by atoms with Crippen LogP contribution < -0.4 is 5.73 Å². The lowest BCUT2D eigenvalue weighted by molar-refractivity contribution is 0.0377. The quantitative estimate of drug-likeness (QED) is 0.824. The smallest absolute Gasteiger partial charge is 0.341 e. The number of nitrogens with two attached hydrogens (primary N) is 1. The second-order valence-electron chi connectivity index (χ2n) is 5.48. The fourth-order valence-electron chi connectivity index (χ4n) is 2.42. The monoisotopic (exact) mass is 253 g/mol. The Labute approximate surface area is 106 Å².